The van der Waals surface area contributed by atoms with Crippen LogP contribution >= 0.6 is 0 Å². The van der Waals surface area contributed by atoms with Crippen LogP contribution in [0.4, 0.5) is 0 Å². The first-order valence-electron chi connectivity index (χ1n) is 4.19. The third-order valence-corrected chi connectivity index (χ3v) is 2.30. The Morgan fingerprint density at radius 3 is 2.40 bits per heavy atom. The third kappa shape index (κ3) is 3.52. The fourth-order valence-corrected chi connectivity index (χ4v) is 1.27. The molecule has 0 bridgehead atoms. The van der Waals surface area contributed by atoms with Crippen molar-refractivity contribution in [3.8, 4) is 11.8 Å². The Balaban J connectivity index is 2.98. The average molecular weight is 222 g/mol. The van der Waals surface area contributed by atoms with Crippen LogP contribution in [0.1, 0.15) is 12.5 Å². The zero-order valence-electron chi connectivity index (χ0n) is 8.43. The quantitative estimate of drug-likeness (QED) is 0.521. The van der Waals surface area contributed by atoms with E-state index >= 15 is 0 Å². The maximum absolute atomic E-state index is 11.0. The molecule has 1 heterocycles. The van der Waals surface area contributed by atoms with Gasteiger partial charge in [0.1, 0.15) is 0 Å². The molecule has 4 nitrogen and oxygen atoms in total. The highest BCUT2D eigenvalue weighted by molar-refractivity contribution is 7.90. The molecule has 1 aromatic heterocycles. The molecular weight excluding hydrogens is 212 g/mol. The minimum atomic E-state index is -3.33. The SMILES string of the molecule is CC=CC#Cc1cnc(S(C)(=O)=O)nc1. The Labute approximate surface area is 89.0 Å². The number of rotatable bonds is 1. The second-order valence-electron chi connectivity index (χ2n) is 2.80. The van der Waals surface area contributed by atoms with Crippen molar-refractivity contribution in [1.29, 1.82) is 0 Å². The first kappa shape index (κ1) is 11.4. The van der Waals surface area contributed by atoms with E-state index in [-0.39, 0.29) is 5.16 Å². The molecule has 0 aliphatic rings. The summed E-state index contributed by atoms with van der Waals surface area (Å²) in [5, 5.41) is -0.181. The van der Waals surface area contributed by atoms with Gasteiger partial charge in [0, 0.05) is 18.6 Å². The number of nitrogens with zero attached hydrogens (tertiary/aromatic N) is 2. The molecule has 15 heavy (non-hydrogen) atoms. The van der Waals surface area contributed by atoms with Gasteiger partial charge in [-0.05, 0) is 13.0 Å². The van der Waals surface area contributed by atoms with Gasteiger partial charge in [-0.1, -0.05) is 17.9 Å². The normalized spacial score (nSPS) is 11.1. The largest absolute Gasteiger partial charge is 0.246 e. The van der Waals surface area contributed by atoms with E-state index in [0.717, 1.165) is 6.26 Å². The number of sulfone groups is 1. The Morgan fingerprint density at radius 2 is 1.93 bits per heavy atom. The van der Waals surface area contributed by atoms with Crippen LogP contribution in [0.25, 0.3) is 0 Å². The van der Waals surface area contributed by atoms with Gasteiger partial charge in [-0.3, -0.25) is 0 Å². The van der Waals surface area contributed by atoms with Crippen LogP contribution in [0.3, 0.4) is 0 Å². The monoisotopic (exact) mass is 222 g/mol. The van der Waals surface area contributed by atoms with Crippen molar-refractivity contribution in [3.05, 3.63) is 30.1 Å². The number of aromatic nitrogens is 2. The zero-order valence-corrected chi connectivity index (χ0v) is 9.25. The molecule has 0 saturated heterocycles. The summed E-state index contributed by atoms with van der Waals surface area (Å²) in [6.45, 7) is 1.86. The summed E-state index contributed by atoms with van der Waals surface area (Å²) in [7, 11) is -3.33. The Morgan fingerprint density at radius 1 is 1.33 bits per heavy atom. The molecular formula is C10H10N2O2S. The smallest absolute Gasteiger partial charge is 0.226 e. The van der Waals surface area contributed by atoms with Crippen molar-refractivity contribution >= 4 is 9.84 Å². The lowest BCUT2D eigenvalue weighted by atomic mass is 10.3. The molecule has 0 fully saturated rings. The molecule has 0 spiro atoms. The second kappa shape index (κ2) is 4.71. The maximum Gasteiger partial charge on any atom is 0.246 e. The summed E-state index contributed by atoms with van der Waals surface area (Å²) in [6, 6.07) is 0. The Bertz CT molecular complexity index is 519. The fraction of sp³-hybridized carbons (Fsp3) is 0.200. The van der Waals surface area contributed by atoms with Gasteiger partial charge in [-0.2, -0.15) is 0 Å². The lowest BCUT2D eigenvalue weighted by molar-refractivity contribution is 0.593. The first-order valence-corrected chi connectivity index (χ1v) is 6.08. The van der Waals surface area contributed by atoms with Gasteiger partial charge in [-0.25, -0.2) is 18.4 Å². The highest BCUT2D eigenvalue weighted by atomic mass is 32.2. The molecule has 0 radical (unpaired) electrons. The number of allylic oxidation sites excluding steroid dienone is 2. The second-order valence-corrected chi connectivity index (χ2v) is 4.71. The third-order valence-electron chi connectivity index (χ3n) is 1.43. The van der Waals surface area contributed by atoms with Crippen LogP contribution in [0.15, 0.2) is 29.7 Å². The molecule has 1 aromatic rings. The zero-order chi connectivity index (χ0) is 11.3. The van der Waals surface area contributed by atoms with Crippen molar-refractivity contribution in [2.24, 2.45) is 0 Å². The highest BCUT2D eigenvalue weighted by Crippen LogP contribution is 2.00. The summed E-state index contributed by atoms with van der Waals surface area (Å²) in [6.07, 6.45) is 7.33. The van der Waals surface area contributed by atoms with Gasteiger partial charge in [0.05, 0.1) is 5.56 Å². The molecule has 1 rings (SSSR count). The van der Waals surface area contributed by atoms with Crippen LogP contribution in [0.2, 0.25) is 0 Å². The van der Waals surface area contributed by atoms with Crippen molar-refractivity contribution in [1.82, 2.24) is 9.97 Å². The van der Waals surface area contributed by atoms with E-state index in [0.29, 0.717) is 5.56 Å². The van der Waals surface area contributed by atoms with E-state index in [2.05, 4.69) is 21.8 Å². The topological polar surface area (TPSA) is 59.9 Å². The Hall–Kier alpha value is -1.67. The molecule has 0 atom stereocenters. The van der Waals surface area contributed by atoms with Crippen LogP contribution in [0, 0.1) is 11.8 Å². The van der Waals surface area contributed by atoms with Crippen LogP contribution in [-0.4, -0.2) is 24.6 Å². The van der Waals surface area contributed by atoms with Crippen LogP contribution in [-0.2, 0) is 9.84 Å². The summed E-state index contributed by atoms with van der Waals surface area (Å²) >= 11 is 0. The molecule has 0 aliphatic heterocycles. The predicted octanol–water partition coefficient (Wildman–Crippen LogP) is 0.808. The van der Waals surface area contributed by atoms with E-state index in [9.17, 15) is 8.42 Å². The summed E-state index contributed by atoms with van der Waals surface area (Å²) in [4.78, 5) is 7.41. The molecule has 0 unspecified atom stereocenters. The fourth-order valence-electron chi connectivity index (χ4n) is 0.781. The minimum absolute atomic E-state index is 0.181. The molecule has 0 saturated carbocycles. The van der Waals surface area contributed by atoms with E-state index in [1.807, 2.05) is 6.92 Å². The summed E-state index contributed by atoms with van der Waals surface area (Å²) in [5.74, 6) is 5.52. The Kier molecular flexibility index (Phi) is 3.58. The maximum atomic E-state index is 11.0. The molecule has 78 valence electrons. The van der Waals surface area contributed by atoms with Crippen molar-refractivity contribution in [3.63, 3.8) is 0 Å². The summed E-state index contributed by atoms with van der Waals surface area (Å²) in [5.41, 5.74) is 0.584. The molecule has 0 N–H and O–H groups in total. The molecule has 0 amide bonds. The van der Waals surface area contributed by atoms with E-state index in [1.54, 1.807) is 12.2 Å². The first-order chi connectivity index (χ1) is 7.04. The van der Waals surface area contributed by atoms with E-state index < -0.39 is 9.84 Å². The lowest BCUT2D eigenvalue weighted by Gasteiger charge is -1.94. The number of hydrogen-bond donors (Lipinski definition) is 0. The number of hydrogen-bond acceptors (Lipinski definition) is 4. The van der Waals surface area contributed by atoms with Gasteiger partial charge in [0.25, 0.3) is 0 Å². The minimum Gasteiger partial charge on any atom is -0.226 e. The van der Waals surface area contributed by atoms with Crippen LogP contribution < -0.4 is 0 Å². The van der Waals surface area contributed by atoms with E-state index in [4.69, 9.17) is 0 Å². The average Bonchev–Trinajstić information content (AvgIpc) is 2.18. The van der Waals surface area contributed by atoms with Gasteiger partial charge < -0.3 is 0 Å². The highest BCUT2D eigenvalue weighted by Gasteiger charge is 2.09. The van der Waals surface area contributed by atoms with Crippen molar-refractivity contribution in [2.45, 2.75) is 12.1 Å². The van der Waals surface area contributed by atoms with Gasteiger partial charge in [0.15, 0.2) is 0 Å². The molecule has 5 heteroatoms. The molecule has 0 aliphatic carbocycles. The van der Waals surface area contributed by atoms with Crippen molar-refractivity contribution < 1.29 is 8.42 Å². The standard InChI is InChI=1S/C10H10N2O2S/c1-3-4-5-6-9-7-11-10(12-8-9)15(2,13)14/h3-4,7-8H,1-2H3. The lowest BCUT2D eigenvalue weighted by Crippen LogP contribution is -2.03. The van der Waals surface area contributed by atoms with Crippen molar-refractivity contribution in [2.75, 3.05) is 6.26 Å². The van der Waals surface area contributed by atoms with Gasteiger partial charge >= 0.3 is 0 Å². The van der Waals surface area contributed by atoms with Gasteiger partial charge in [-0.15, -0.1) is 0 Å². The van der Waals surface area contributed by atoms with Crippen LogP contribution in [0.5, 0.6) is 0 Å². The molecule has 0 aromatic carbocycles. The summed E-state index contributed by atoms with van der Waals surface area (Å²) < 4.78 is 22.1. The van der Waals surface area contributed by atoms with E-state index in [1.165, 1.54) is 12.4 Å². The van der Waals surface area contributed by atoms with Gasteiger partial charge in [0.2, 0.25) is 15.0 Å². The predicted molar refractivity (Wildman–Crippen MR) is 56.8 cm³/mol.